The zero-order valence-corrected chi connectivity index (χ0v) is 40.1. The molecule has 0 heterocycles. The molecule has 0 aromatic carbocycles. The number of phosphoric ester groups is 1. The third-order valence-electron chi connectivity index (χ3n) is 10.8. The van der Waals surface area contributed by atoms with Crippen LogP contribution in [-0.2, 0) is 18.4 Å². The van der Waals surface area contributed by atoms with Crippen molar-refractivity contribution in [3.05, 3.63) is 48.6 Å². The fourth-order valence-corrected chi connectivity index (χ4v) is 7.57. The maximum Gasteiger partial charge on any atom is 0.268 e. The first kappa shape index (κ1) is 57.5. The summed E-state index contributed by atoms with van der Waals surface area (Å²) in [5.74, 6) is -0.211. The number of allylic oxidation sites excluding steroid dienone is 7. The number of phosphoric acid groups is 1. The predicted octanol–water partition coefficient (Wildman–Crippen LogP) is 13.4. The standard InChI is InChI=1S/C50H95N2O6P/c1-6-8-10-12-14-16-18-20-22-23-24-25-26-27-28-29-30-32-34-36-38-40-42-44-50(54)51-48(47-58-59(55,56)57-46-45-52(3,4)5)49(53)43-41-39-37-35-33-31-21-19-17-15-13-11-9-7-2/h18,20,23-24,33,35,41,43,48-49,53H,6-17,19,21-22,25-32,34,36-40,42,44-47H2,1-5H3,(H-,51,54,55,56)/b20-18-,24-23-,35-33+,43-41+. The van der Waals surface area contributed by atoms with Gasteiger partial charge in [-0.05, 0) is 64.2 Å². The Morgan fingerprint density at radius 3 is 1.47 bits per heavy atom. The fourth-order valence-electron chi connectivity index (χ4n) is 6.85. The van der Waals surface area contributed by atoms with Crippen LogP contribution in [0.4, 0.5) is 0 Å². The molecule has 0 aromatic heterocycles. The van der Waals surface area contributed by atoms with E-state index in [0.29, 0.717) is 17.4 Å². The second-order valence-corrected chi connectivity index (χ2v) is 19.2. The first-order valence-electron chi connectivity index (χ1n) is 24.5. The Morgan fingerprint density at radius 2 is 1.00 bits per heavy atom. The molecule has 0 radical (unpaired) electrons. The van der Waals surface area contributed by atoms with E-state index in [1.807, 2.05) is 27.2 Å². The summed E-state index contributed by atoms with van der Waals surface area (Å²) in [6.07, 6.45) is 53.1. The lowest BCUT2D eigenvalue weighted by Gasteiger charge is -2.29. The summed E-state index contributed by atoms with van der Waals surface area (Å²) in [6, 6.07) is -0.904. The van der Waals surface area contributed by atoms with Crippen LogP contribution in [0.2, 0.25) is 0 Å². The Bertz CT molecular complexity index is 1100. The molecular weight excluding hydrogens is 756 g/mol. The van der Waals surface area contributed by atoms with E-state index in [9.17, 15) is 19.4 Å². The van der Waals surface area contributed by atoms with E-state index in [1.165, 1.54) is 148 Å². The van der Waals surface area contributed by atoms with E-state index in [-0.39, 0.29) is 12.5 Å². The number of aliphatic hydroxyl groups is 1. The van der Waals surface area contributed by atoms with Gasteiger partial charge in [0, 0.05) is 6.42 Å². The van der Waals surface area contributed by atoms with Gasteiger partial charge in [-0.15, -0.1) is 0 Å². The second-order valence-electron chi connectivity index (χ2n) is 17.8. The zero-order chi connectivity index (χ0) is 43.6. The average Bonchev–Trinajstić information content (AvgIpc) is 3.19. The topological polar surface area (TPSA) is 108 Å². The number of quaternary nitrogens is 1. The van der Waals surface area contributed by atoms with Crippen molar-refractivity contribution in [1.82, 2.24) is 5.32 Å². The van der Waals surface area contributed by atoms with Gasteiger partial charge in [0.25, 0.3) is 7.82 Å². The Labute approximate surface area is 365 Å². The molecule has 0 aromatic rings. The van der Waals surface area contributed by atoms with E-state index in [2.05, 4.69) is 55.6 Å². The van der Waals surface area contributed by atoms with Crippen molar-refractivity contribution in [2.75, 3.05) is 40.9 Å². The molecule has 0 aliphatic heterocycles. The van der Waals surface area contributed by atoms with Crippen LogP contribution in [0.5, 0.6) is 0 Å². The van der Waals surface area contributed by atoms with Crippen LogP contribution in [0.15, 0.2) is 48.6 Å². The summed E-state index contributed by atoms with van der Waals surface area (Å²) < 4.78 is 23.2. The van der Waals surface area contributed by atoms with Crippen molar-refractivity contribution < 1.29 is 32.9 Å². The van der Waals surface area contributed by atoms with Gasteiger partial charge in [-0.2, -0.15) is 0 Å². The molecule has 3 atom stereocenters. The minimum Gasteiger partial charge on any atom is -0.756 e. The van der Waals surface area contributed by atoms with Crippen LogP contribution in [0.25, 0.3) is 0 Å². The highest BCUT2D eigenvalue weighted by Crippen LogP contribution is 2.38. The number of likely N-dealkylation sites (N-methyl/N-ethyl adjacent to an activating group) is 1. The van der Waals surface area contributed by atoms with Gasteiger partial charge < -0.3 is 28.8 Å². The number of aliphatic hydroxyl groups excluding tert-OH is 1. The van der Waals surface area contributed by atoms with Crippen molar-refractivity contribution in [3.63, 3.8) is 0 Å². The lowest BCUT2D eigenvalue weighted by molar-refractivity contribution is -0.870. The largest absolute Gasteiger partial charge is 0.756 e. The van der Waals surface area contributed by atoms with Crippen LogP contribution in [-0.4, -0.2) is 68.5 Å². The Kier molecular flexibility index (Phi) is 40.7. The summed E-state index contributed by atoms with van der Waals surface area (Å²) in [4.78, 5) is 25.3. The Morgan fingerprint density at radius 1 is 0.593 bits per heavy atom. The number of amides is 1. The van der Waals surface area contributed by atoms with Crippen molar-refractivity contribution in [3.8, 4) is 0 Å². The number of nitrogens with one attached hydrogen (secondary N) is 1. The van der Waals surface area contributed by atoms with Gasteiger partial charge in [-0.3, -0.25) is 9.36 Å². The summed E-state index contributed by atoms with van der Waals surface area (Å²) in [5.41, 5.74) is 0. The number of hydrogen-bond donors (Lipinski definition) is 2. The summed E-state index contributed by atoms with van der Waals surface area (Å²) in [7, 11) is 1.24. The van der Waals surface area contributed by atoms with Gasteiger partial charge in [0.1, 0.15) is 13.2 Å². The molecule has 0 rings (SSSR count). The molecule has 346 valence electrons. The minimum absolute atomic E-state index is 0.00762. The molecule has 0 bridgehead atoms. The molecule has 59 heavy (non-hydrogen) atoms. The normalized spacial score (nSPS) is 14.6. The highest BCUT2D eigenvalue weighted by atomic mass is 31.2. The molecule has 0 fully saturated rings. The molecule has 0 spiro atoms. The zero-order valence-electron chi connectivity index (χ0n) is 39.2. The number of unbranched alkanes of at least 4 members (excludes halogenated alkanes) is 25. The number of hydrogen-bond acceptors (Lipinski definition) is 6. The Balaban J connectivity index is 4.32. The molecule has 0 aliphatic carbocycles. The van der Waals surface area contributed by atoms with Gasteiger partial charge in [0.15, 0.2) is 0 Å². The van der Waals surface area contributed by atoms with Crippen molar-refractivity contribution >= 4 is 13.7 Å². The molecule has 3 unspecified atom stereocenters. The maximum absolute atomic E-state index is 12.9. The maximum atomic E-state index is 12.9. The molecule has 8 nitrogen and oxygen atoms in total. The smallest absolute Gasteiger partial charge is 0.268 e. The quantitative estimate of drug-likeness (QED) is 0.0274. The molecule has 2 N–H and O–H groups in total. The number of rotatable bonds is 44. The van der Waals surface area contributed by atoms with Crippen LogP contribution in [0.3, 0.4) is 0 Å². The first-order valence-corrected chi connectivity index (χ1v) is 26.0. The van der Waals surface area contributed by atoms with E-state index in [0.717, 1.165) is 44.9 Å². The van der Waals surface area contributed by atoms with Crippen LogP contribution < -0.4 is 10.2 Å². The van der Waals surface area contributed by atoms with Gasteiger partial charge >= 0.3 is 0 Å². The molecular formula is C50H95N2O6P. The fraction of sp³-hybridized carbons (Fsp3) is 0.820. The molecule has 0 aliphatic rings. The summed E-state index contributed by atoms with van der Waals surface area (Å²) in [6.45, 7) is 4.61. The van der Waals surface area contributed by atoms with Crippen molar-refractivity contribution in [2.24, 2.45) is 0 Å². The van der Waals surface area contributed by atoms with E-state index >= 15 is 0 Å². The van der Waals surface area contributed by atoms with Crippen LogP contribution >= 0.6 is 7.82 Å². The number of nitrogens with zero attached hydrogens (tertiary/aromatic N) is 1. The molecule has 0 saturated heterocycles. The Hall–Kier alpha value is -1.54. The summed E-state index contributed by atoms with van der Waals surface area (Å²) >= 11 is 0. The highest BCUT2D eigenvalue weighted by molar-refractivity contribution is 7.45. The lowest BCUT2D eigenvalue weighted by Crippen LogP contribution is -2.45. The average molecular weight is 851 g/mol. The van der Waals surface area contributed by atoms with E-state index in [1.54, 1.807) is 6.08 Å². The lowest BCUT2D eigenvalue weighted by atomic mass is 10.0. The molecule has 0 saturated carbocycles. The first-order chi connectivity index (χ1) is 28.5. The van der Waals surface area contributed by atoms with Gasteiger partial charge in [-0.1, -0.05) is 191 Å². The number of carbonyl (C=O) groups excluding carboxylic acids is 1. The van der Waals surface area contributed by atoms with Crippen LogP contribution in [0, 0.1) is 0 Å². The number of carbonyl (C=O) groups is 1. The molecule has 1 amide bonds. The van der Waals surface area contributed by atoms with E-state index < -0.39 is 26.6 Å². The monoisotopic (exact) mass is 851 g/mol. The third kappa shape index (κ3) is 44.3. The van der Waals surface area contributed by atoms with Crippen LogP contribution in [0.1, 0.15) is 213 Å². The predicted molar refractivity (Wildman–Crippen MR) is 251 cm³/mol. The van der Waals surface area contributed by atoms with Crippen molar-refractivity contribution in [2.45, 2.75) is 225 Å². The third-order valence-corrected chi connectivity index (χ3v) is 11.7. The van der Waals surface area contributed by atoms with E-state index in [4.69, 9.17) is 9.05 Å². The minimum atomic E-state index is -4.60. The van der Waals surface area contributed by atoms with Crippen molar-refractivity contribution in [1.29, 1.82) is 0 Å². The van der Waals surface area contributed by atoms with Gasteiger partial charge in [-0.25, -0.2) is 0 Å². The van der Waals surface area contributed by atoms with Gasteiger partial charge in [0.2, 0.25) is 5.91 Å². The van der Waals surface area contributed by atoms with Gasteiger partial charge in [0.05, 0.1) is 39.9 Å². The molecule has 9 heteroatoms. The second kappa shape index (κ2) is 41.8. The summed E-state index contributed by atoms with van der Waals surface area (Å²) in [5, 5.41) is 13.8. The SMILES string of the molecule is CCCCCCC/C=C\C/C=C\CCCCCCCCCCCCCC(=O)NC(COP(=O)([O-])OCC[N+](C)(C)C)C(O)/C=C/CC/C=C/CCCCCCCCCC. The highest BCUT2D eigenvalue weighted by Gasteiger charge is 2.23.